The Morgan fingerprint density at radius 3 is 1.00 bits per heavy atom. The Morgan fingerprint density at radius 2 is 1.00 bits per heavy atom. The van der Waals surface area contributed by atoms with Crippen molar-refractivity contribution in [1.82, 2.24) is 0 Å². The maximum Gasteiger partial charge on any atom is 2.00 e. The molecule has 0 unspecified atom stereocenters. The fraction of sp³-hybridized carbons (Fsp3) is 0. The molecule has 0 heterocycles. The molecule has 4 heavy (non-hydrogen) atoms. The van der Waals surface area contributed by atoms with Crippen LogP contribution < -0.4 is 0 Å². The fourth-order valence-electron chi connectivity index (χ4n) is 0. The summed E-state index contributed by atoms with van der Waals surface area (Å²) in [6.07, 6.45) is 0. The Balaban J connectivity index is 0. The van der Waals surface area contributed by atoms with Gasteiger partial charge in [0.25, 0.3) is 0 Å². The zero-order valence-corrected chi connectivity index (χ0v) is 6.92. The SMILES string of the molecule is Cl.Cl.[Ca+2].[H-].[H-].[Mn]. The van der Waals surface area contributed by atoms with Gasteiger partial charge < -0.3 is 2.85 Å². The summed E-state index contributed by atoms with van der Waals surface area (Å²) < 4.78 is 0. The molecule has 0 bridgehead atoms. The van der Waals surface area contributed by atoms with E-state index in [1.54, 1.807) is 0 Å². The summed E-state index contributed by atoms with van der Waals surface area (Å²) in [7, 11) is 0. The van der Waals surface area contributed by atoms with E-state index in [4.69, 9.17) is 0 Å². The number of rotatable bonds is 0. The minimum Gasteiger partial charge on any atom is -1.00 e. The van der Waals surface area contributed by atoms with Crippen molar-refractivity contribution in [2.75, 3.05) is 0 Å². The topological polar surface area (TPSA) is 0 Å². The van der Waals surface area contributed by atoms with E-state index < -0.39 is 0 Å². The second-order valence-corrected chi connectivity index (χ2v) is 0. The summed E-state index contributed by atoms with van der Waals surface area (Å²) in [5.74, 6) is 0. The van der Waals surface area contributed by atoms with Crippen LogP contribution in [0.15, 0.2) is 0 Å². The predicted octanol–water partition coefficient (Wildman–Crippen LogP) is 0.685. The van der Waals surface area contributed by atoms with Crippen molar-refractivity contribution in [2.24, 2.45) is 0 Å². The average Bonchev–Trinajstić information content (AvgIpc) is 0. The van der Waals surface area contributed by atoms with Crippen LogP contribution in [0.25, 0.3) is 0 Å². The van der Waals surface area contributed by atoms with Crippen LogP contribution in [-0.4, -0.2) is 37.7 Å². The van der Waals surface area contributed by atoms with E-state index in [1.807, 2.05) is 0 Å². The van der Waals surface area contributed by atoms with Crippen LogP contribution in [0.5, 0.6) is 0 Å². The third kappa shape index (κ3) is 8.84. The van der Waals surface area contributed by atoms with Crippen molar-refractivity contribution in [2.45, 2.75) is 0 Å². The summed E-state index contributed by atoms with van der Waals surface area (Å²) in [5.41, 5.74) is 0. The van der Waals surface area contributed by atoms with E-state index in [0.717, 1.165) is 0 Å². The van der Waals surface area contributed by atoms with E-state index >= 15 is 0 Å². The summed E-state index contributed by atoms with van der Waals surface area (Å²) in [4.78, 5) is 0. The monoisotopic (exact) mass is 169 g/mol. The van der Waals surface area contributed by atoms with Crippen molar-refractivity contribution in [1.29, 1.82) is 0 Å². The third-order valence-electron chi connectivity index (χ3n) is 0. The molecular weight excluding hydrogens is 166 g/mol. The summed E-state index contributed by atoms with van der Waals surface area (Å²) in [6, 6.07) is 0. The average molecular weight is 170 g/mol. The van der Waals surface area contributed by atoms with Gasteiger partial charge in [0.2, 0.25) is 0 Å². The molecule has 0 saturated carbocycles. The van der Waals surface area contributed by atoms with E-state index in [1.165, 1.54) is 0 Å². The second-order valence-electron chi connectivity index (χ2n) is 0. The first-order chi connectivity index (χ1) is 0. The molecule has 0 atom stereocenters. The summed E-state index contributed by atoms with van der Waals surface area (Å²) in [6.45, 7) is 0. The predicted molar refractivity (Wildman–Crippen MR) is 22.5 cm³/mol. The minimum atomic E-state index is 0. The van der Waals surface area contributed by atoms with Crippen LogP contribution in [0.3, 0.4) is 0 Å². The molecule has 0 aliphatic rings. The van der Waals surface area contributed by atoms with Gasteiger partial charge in [0.05, 0.1) is 0 Å². The molecule has 0 aromatic heterocycles. The first-order valence-corrected chi connectivity index (χ1v) is 0. The zero-order chi connectivity index (χ0) is 0. The maximum absolute atomic E-state index is 0. The molecule has 0 aliphatic carbocycles. The summed E-state index contributed by atoms with van der Waals surface area (Å²) >= 11 is 0. The molecule has 1 radical (unpaired) electrons. The Morgan fingerprint density at radius 1 is 1.00 bits per heavy atom. The van der Waals surface area contributed by atoms with Gasteiger partial charge in [-0.25, -0.2) is 0 Å². The summed E-state index contributed by atoms with van der Waals surface area (Å²) in [5, 5.41) is 0. The molecule has 4 heteroatoms. The largest absolute Gasteiger partial charge is 2.00 e. The van der Waals surface area contributed by atoms with Gasteiger partial charge in [-0.15, -0.1) is 24.8 Å². The zero-order valence-electron chi connectivity index (χ0n) is 3.90. The van der Waals surface area contributed by atoms with Crippen LogP contribution in [-0.2, 0) is 17.1 Å². The maximum atomic E-state index is 0. The van der Waals surface area contributed by atoms with Gasteiger partial charge in [-0.3, -0.25) is 0 Å². The first-order valence-electron chi connectivity index (χ1n) is 0. The third-order valence-corrected chi connectivity index (χ3v) is 0. The number of halogens is 2. The van der Waals surface area contributed by atoms with Gasteiger partial charge in [-0.05, 0) is 0 Å². The van der Waals surface area contributed by atoms with Gasteiger partial charge in [-0.2, -0.15) is 0 Å². The van der Waals surface area contributed by atoms with Gasteiger partial charge in [0.1, 0.15) is 0 Å². The van der Waals surface area contributed by atoms with Gasteiger partial charge in [-0.1, -0.05) is 0 Å². The van der Waals surface area contributed by atoms with Crippen molar-refractivity contribution < 1.29 is 19.9 Å². The van der Waals surface area contributed by atoms with Crippen LogP contribution >= 0.6 is 24.8 Å². The Hall–Kier alpha value is 2.36. The molecular formula is H4CaCl2Mn. The smallest absolute Gasteiger partial charge is 1.00 e. The van der Waals surface area contributed by atoms with Gasteiger partial charge >= 0.3 is 37.7 Å². The molecule has 0 N–H and O–H groups in total. The van der Waals surface area contributed by atoms with Crippen molar-refractivity contribution >= 4 is 62.6 Å². The van der Waals surface area contributed by atoms with Crippen molar-refractivity contribution in [3.05, 3.63) is 0 Å². The molecule has 0 saturated heterocycles. The standard InChI is InChI=1S/Ca.2ClH.Mn.2H/h;2*1H;;;/q+2;;;;2*-1. The van der Waals surface area contributed by atoms with Crippen LogP contribution in [0.2, 0.25) is 0 Å². The second kappa shape index (κ2) is 18.3. The molecule has 0 aliphatic heterocycles. The van der Waals surface area contributed by atoms with Gasteiger partial charge in [0.15, 0.2) is 0 Å². The van der Waals surface area contributed by atoms with E-state index in [2.05, 4.69) is 0 Å². The Kier molecular flexibility index (Phi) is 150. The van der Waals surface area contributed by atoms with E-state index in [9.17, 15) is 0 Å². The normalized spacial score (nSPS) is 0. The molecule has 0 aromatic carbocycles. The van der Waals surface area contributed by atoms with Crippen LogP contribution in [0, 0.1) is 0 Å². The molecule has 0 fully saturated rings. The van der Waals surface area contributed by atoms with Crippen LogP contribution in [0.4, 0.5) is 0 Å². The molecule has 0 nitrogen and oxygen atoms in total. The molecule has 27 valence electrons. The van der Waals surface area contributed by atoms with Gasteiger partial charge in [0, 0.05) is 17.1 Å². The first kappa shape index (κ1) is 32.8. The molecule has 0 spiro atoms. The molecule has 0 aromatic rings. The minimum absolute atomic E-state index is 0. The number of hydrogen-bond acceptors (Lipinski definition) is 0. The van der Waals surface area contributed by atoms with Crippen molar-refractivity contribution in [3.63, 3.8) is 0 Å². The fourth-order valence-corrected chi connectivity index (χ4v) is 0. The molecule has 0 rings (SSSR count). The Labute approximate surface area is 81.4 Å². The molecule has 0 amide bonds. The van der Waals surface area contributed by atoms with Crippen molar-refractivity contribution in [3.8, 4) is 0 Å². The number of hydrogen-bond donors (Lipinski definition) is 0. The quantitative estimate of drug-likeness (QED) is 0.469. The van der Waals surface area contributed by atoms with Crippen LogP contribution in [0.1, 0.15) is 2.85 Å². The Bertz CT molecular complexity index is 11.5. The van der Waals surface area contributed by atoms with E-state index in [-0.39, 0.29) is 82.5 Å². The van der Waals surface area contributed by atoms with E-state index in [0.29, 0.717) is 0 Å².